The van der Waals surface area contributed by atoms with E-state index in [0.717, 1.165) is 5.56 Å². The first-order valence-electron chi connectivity index (χ1n) is 5.78. The predicted molar refractivity (Wildman–Crippen MR) is 65.9 cm³/mol. The smallest absolute Gasteiger partial charge is 0.312 e. The maximum absolute atomic E-state index is 13.7. The third-order valence-corrected chi connectivity index (χ3v) is 2.89. The number of ether oxygens (including phenoxy) is 1. The average Bonchev–Trinajstić information content (AvgIpc) is 2.35. The first kappa shape index (κ1) is 14.6. The number of halogens is 2. The number of carbonyl (C=O) groups excluding carboxylic acids is 1. The molecule has 4 heteroatoms. The highest BCUT2D eigenvalue weighted by atomic mass is 19.2. The van der Waals surface area contributed by atoms with Gasteiger partial charge in [0.1, 0.15) is 5.67 Å². The van der Waals surface area contributed by atoms with Gasteiger partial charge in [-0.1, -0.05) is 24.3 Å². The van der Waals surface area contributed by atoms with Gasteiger partial charge in [-0.25, -0.2) is 8.78 Å². The van der Waals surface area contributed by atoms with Gasteiger partial charge in [-0.15, -0.1) is 0 Å². The van der Waals surface area contributed by atoms with Crippen molar-refractivity contribution in [3.8, 4) is 0 Å². The third kappa shape index (κ3) is 3.28. The summed E-state index contributed by atoms with van der Waals surface area (Å²) >= 11 is 0. The number of methoxy groups -OCH3 is 1. The summed E-state index contributed by atoms with van der Waals surface area (Å²) in [6.07, 6.45) is -1.68. The minimum atomic E-state index is -1.92. The summed E-state index contributed by atoms with van der Waals surface area (Å²) in [5, 5.41) is 0. The first-order chi connectivity index (χ1) is 8.27. The molecule has 0 aliphatic rings. The highest BCUT2D eigenvalue weighted by molar-refractivity contribution is 5.77. The average molecular weight is 256 g/mol. The third-order valence-electron chi connectivity index (χ3n) is 2.89. The first-order valence-corrected chi connectivity index (χ1v) is 5.78. The maximum Gasteiger partial charge on any atom is 0.312 e. The topological polar surface area (TPSA) is 26.3 Å². The molecule has 1 aromatic carbocycles. The second-order valence-corrected chi connectivity index (χ2v) is 4.84. The monoisotopic (exact) mass is 256 g/mol. The van der Waals surface area contributed by atoms with Gasteiger partial charge in [0, 0.05) is 0 Å². The molecular formula is C14H18F2O2. The number of alkyl halides is 2. The van der Waals surface area contributed by atoms with Crippen LogP contribution in [0.25, 0.3) is 0 Å². The van der Waals surface area contributed by atoms with Crippen LogP contribution in [0.4, 0.5) is 8.78 Å². The van der Waals surface area contributed by atoms with Gasteiger partial charge in [-0.05, 0) is 31.9 Å². The molecule has 0 aliphatic heterocycles. The van der Waals surface area contributed by atoms with Crippen molar-refractivity contribution in [3.05, 3.63) is 35.4 Å². The minimum absolute atomic E-state index is 0.267. The van der Waals surface area contributed by atoms with Gasteiger partial charge in [0.25, 0.3) is 0 Å². The Labute approximate surface area is 106 Å². The predicted octanol–water partition coefficient (Wildman–Crippen LogP) is 3.72. The molecule has 0 amide bonds. The zero-order chi connectivity index (χ0) is 13.9. The standard InChI is InChI=1S/C14H18F2O2/c1-9(13(17)18-4)10-5-7-11(8-6-10)12(15)14(2,3)16/h5-9,12H,1-4H3. The summed E-state index contributed by atoms with van der Waals surface area (Å²) in [6, 6.07) is 6.24. The molecular weight excluding hydrogens is 238 g/mol. The Balaban J connectivity index is 2.90. The molecule has 18 heavy (non-hydrogen) atoms. The molecule has 1 rings (SSSR count). The van der Waals surface area contributed by atoms with Gasteiger partial charge in [0.15, 0.2) is 6.17 Å². The Kier molecular flexibility index (Phi) is 4.43. The second-order valence-electron chi connectivity index (χ2n) is 4.84. The number of hydrogen-bond acceptors (Lipinski definition) is 2. The number of hydrogen-bond donors (Lipinski definition) is 0. The summed E-state index contributed by atoms with van der Waals surface area (Å²) in [5.74, 6) is -0.772. The molecule has 100 valence electrons. The van der Waals surface area contributed by atoms with Crippen LogP contribution < -0.4 is 0 Å². The molecule has 0 bridgehead atoms. The van der Waals surface area contributed by atoms with Crippen LogP contribution in [0, 0.1) is 0 Å². The van der Waals surface area contributed by atoms with Crippen LogP contribution >= 0.6 is 0 Å². The maximum atomic E-state index is 13.7. The molecule has 1 aromatic rings. The van der Waals surface area contributed by atoms with Crippen molar-refractivity contribution in [2.24, 2.45) is 0 Å². The number of esters is 1. The van der Waals surface area contributed by atoms with Crippen LogP contribution in [0.1, 0.15) is 44.0 Å². The van der Waals surface area contributed by atoms with E-state index in [4.69, 9.17) is 0 Å². The molecule has 0 aliphatic carbocycles. The van der Waals surface area contributed by atoms with Crippen LogP contribution in [0.2, 0.25) is 0 Å². The molecule has 2 atom stereocenters. The van der Waals surface area contributed by atoms with Crippen molar-refractivity contribution in [1.29, 1.82) is 0 Å². The van der Waals surface area contributed by atoms with Crippen molar-refractivity contribution in [2.45, 2.75) is 38.5 Å². The van der Waals surface area contributed by atoms with Gasteiger partial charge >= 0.3 is 5.97 Å². The van der Waals surface area contributed by atoms with Gasteiger partial charge in [-0.2, -0.15) is 0 Å². The Morgan fingerprint density at radius 2 is 1.67 bits per heavy atom. The van der Waals surface area contributed by atoms with Crippen LogP contribution in [-0.4, -0.2) is 18.7 Å². The lowest BCUT2D eigenvalue weighted by Gasteiger charge is -2.20. The van der Waals surface area contributed by atoms with E-state index in [2.05, 4.69) is 4.74 Å². The van der Waals surface area contributed by atoms with Gasteiger partial charge in [-0.3, -0.25) is 4.79 Å². The largest absolute Gasteiger partial charge is 0.469 e. The van der Waals surface area contributed by atoms with Crippen LogP contribution in [0.5, 0.6) is 0 Å². The highest BCUT2D eigenvalue weighted by Gasteiger charge is 2.30. The molecule has 0 radical (unpaired) electrons. The SMILES string of the molecule is COC(=O)C(C)c1ccc(C(F)C(C)(C)F)cc1. The summed E-state index contributed by atoms with van der Waals surface area (Å²) in [7, 11) is 1.32. The molecule has 2 nitrogen and oxygen atoms in total. The van der Waals surface area contributed by atoms with Crippen molar-refractivity contribution in [1.82, 2.24) is 0 Å². The minimum Gasteiger partial charge on any atom is -0.469 e. The molecule has 0 heterocycles. The fourth-order valence-corrected chi connectivity index (χ4v) is 1.66. The Morgan fingerprint density at radius 3 is 2.06 bits per heavy atom. The molecule has 0 aromatic heterocycles. The van der Waals surface area contributed by atoms with E-state index < -0.39 is 17.8 Å². The summed E-state index contributed by atoms with van der Waals surface area (Å²) in [4.78, 5) is 11.3. The van der Waals surface area contributed by atoms with E-state index >= 15 is 0 Å². The molecule has 0 N–H and O–H groups in total. The lowest BCUT2D eigenvalue weighted by Crippen LogP contribution is -2.20. The van der Waals surface area contributed by atoms with E-state index in [-0.39, 0.29) is 11.5 Å². The lowest BCUT2D eigenvalue weighted by atomic mass is 9.94. The van der Waals surface area contributed by atoms with Crippen molar-refractivity contribution in [3.63, 3.8) is 0 Å². The quantitative estimate of drug-likeness (QED) is 0.767. The molecule has 2 unspecified atom stereocenters. The zero-order valence-electron chi connectivity index (χ0n) is 11.0. The van der Waals surface area contributed by atoms with Crippen LogP contribution in [0.15, 0.2) is 24.3 Å². The fraction of sp³-hybridized carbons (Fsp3) is 0.500. The summed E-state index contributed by atoms with van der Waals surface area (Å²) in [5.41, 5.74) is -0.937. The van der Waals surface area contributed by atoms with Gasteiger partial charge in [0.2, 0.25) is 0 Å². The molecule has 0 fully saturated rings. The normalized spacial score (nSPS) is 15.0. The summed E-state index contributed by atoms with van der Waals surface area (Å²) in [6.45, 7) is 4.10. The van der Waals surface area contributed by atoms with E-state index in [1.54, 1.807) is 19.1 Å². The van der Waals surface area contributed by atoms with Crippen molar-refractivity contribution in [2.75, 3.05) is 7.11 Å². The fourth-order valence-electron chi connectivity index (χ4n) is 1.66. The summed E-state index contributed by atoms with van der Waals surface area (Å²) < 4.78 is 31.8. The van der Waals surface area contributed by atoms with Crippen molar-refractivity contribution >= 4 is 5.97 Å². The Morgan fingerprint density at radius 1 is 1.22 bits per heavy atom. The number of carbonyl (C=O) groups is 1. The van der Waals surface area contributed by atoms with Crippen LogP contribution in [0.3, 0.4) is 0 Å². The zero-order valence-corrected chi connectivity index (χ0v) is 11.0. The Bertz CT molecular complexity index is 407. The van der Waals surface area contributed by atoms with E-state index in [0.29, 0.717) is 0 Å². The van der Waals surface area contributed by atoms with E-state index in [1.165, 1.54) is 33.1 Å². The Hall–Kier alpha value is -1.45. The van der Waals surface area contributed by atoms with E-state index in [9.17, 15) is 13.6 Å². The molecule has 0 saturated carbocycles. The van der Waals surface area contributed by atoms with E-state index in [1.807, 2.05) is 0 Å². The highest BCUT2D eigenvalue weighted by Crippen LogP contribution is 2.33. The second kappa shape index (κ2) is 5.46. The van der Waals surface area contributed by atoms with Gasteiger partial charge in [0.05, 0.1) is 13.0 Å². The molecule has 0 saturated heterocycles. The van der Waals surface area contributed by atoms with Crippen LogP contribution in [-0.2, 0) is 9.53 Å². The lowest BCUT2D eigenvalue weighted by molar-refractivity contribution is -0.141. The van der Waals surface area contributed by atoms with Gasteiger partial charge < -0.3 is 4.74 Å². The number of rotatable bonds is 4. The van der Waals surface area contributed by atoms with Crippen molar-refractivity contribution < 1.29 is 18.3 Å². The number of benzene rings is 1. The molecule has 0 spiro atoms.